The van der Waals surface area contributed by atoms with Crippen LogP contribution in [-0.2, 0) is 19.9 Å². The number of benzene rings is 1. The summed E-state index contributed by atoms with van der Waals surface area (Å²) in [4.78, 5) is 2.46. The summed E-state index contributed by atoms with van der Waals surface area (Å²) in [7, 11) is -7.35. The molecule has 0 bridgehead atoms. The van der Waals surface area contributed by atoms with Gasteiger partial charge in [-0.3, -0.25) is 0 Å². The normalized spacial score (nSPS) is 14.3. The zero-order chi connectivity index (χ0) is 16.5. The minimum absolute atomic E-state index is 0.0412. The first kappa shape index (κ1) is 16.9. The van der Waals surface area contributed by atoms with Crippen LogP contribution in [0.5, 0.6) is 0 Å². The fourth-order valence-corrected chi connectivity index (χ4v) is 4.80. The van der Waals surface area contributed by atoms with Gasteiger partial charge in [-0.25, -0.2) is 25.9 Å². The largest absolute Gasteiger partial charge is 0.360 e. The van der Waals surface area contributed by atoms with Crippen molar-refractivity contribution in [3.05, 3.63) is 30.2 Å². The van der Waals surface area contributed by atoms with E-state index in [1.54, 1.807) is 6.07 Å². The Labute approximate surface area is 128 Å². The van der Waals surface area contributed by atoms with E-state index in [0.29, 0.717) is 5.52 Å². The lowest BCUT2D eigenvalue weighted by atomic mass is 10.2. The van der Waals surface area contributed by atoms with Gasteiger partial charge in [0.2, 0.25) is 10.0 Å². The summed E-state index contributed by atoms with van der Waals surface area (Å²) in [5.74, 6) is -1.04. The van der Waals surface area contributed by atoms with E-state index in [1.165, 1.54) is 32.2 Å². The number of H-pyrrole nitrogens is 1. The van der Waals surface area contributed by atoms with Gasteiger partial charge in [0.25, 0.3) is 0 Å². The Morgan fingerprint density at radius 1 is 1.27 bits per heavy atom. The molecule has 0 fully saturated rings. The second-order valence-corrected chi connectivity index (χ2v) is 9.12. The third kappa shape index (κ3) is 3.47. The Morgan fingerprint density at radius 2 is 1.95 bits per heavy atom. The van der Waals surface area contributed by atoms with Crippen LogP contribution in [0.4, 0.5) is 4.39 Å². The number of aromatic amines is 1. The van der Waals surface area contributed by atoms with Crippen LogP contribution < -0.4 is 4.72 Å². The topological polar surface area (TPSA) is 96.1 Å². The van der Waals surface area contributed by atoms with Gasteiger partial charge in [0.1, 0.15) is 10.7 Å². The Balaban J connectivity index is 2.34. The number of hydrogen-bond donors (Lipinski definition) is 2. The fraction of sp³-hybridized carbons (Fsp3) is 0.385. The fourth-order valence-electron chi connectivity index (χ4n) is 2.18. The SMILES string of the molecule is CCS(=O)(=O)C[C@H](C)NS(=O)(=O)c1c[nH]c2cccc(F)c12. The second-order valence-electron chi connectivity index (χ2n) is 5.04. The van der Waals surface area contributed by atoms with Crippen molar-refractivity contribution in [2.45, 2.75) is 24.8 Å². The second kappa shape index (κ2) is 5.98. The Kier molecular flexibility index (Phi) is 4.59. The van der Waals surface area contributed by atoms with Crippen molar-refractivity contribution in [3.8, 4) is 0 Å². The molecule has 22 heavy (non-hydrogen) atoms. The van der Waals surface area contributed by atoms with Crippen LogP contribution in [0.3, 0.4) is 0 Å². The monoisotopic (exact) mass is 348 g/mol. The Bertz CT molecular complexity index is 888. The standard InChI is InChI=1S/C13H17FN2O4S2/c1-3-21(17,18)8-9(2)16-22(19,20)12-7-15-11-6-4-5-10(14)13(11)12/h4-7,9,15-16H,3,8H2,1-2H3/t9-/m0/s1. The molecule has 0 spiro atoms. The van der Waals surface area contributed by atoms with Crippen LogP contribution in [0.1, 0.15) is 13.8 Å². The molecule has 0 amide bonds. The van der Waals surface area contributed by atoms with Gasteiger partial charge in [0.15, 0.2) is 9.84 Å². The van der Waals surface area contributed by atoms with Gasteiger partial charge in [0.05, 0.1) is 11.1 Å². The van der Waals surface area contributed by atoms with Gasteiger partial charge < -0.3 is 4.98 Å². The van der Waals surface area contributed by atoms with E-state index >= 15 is 0 Å². The number of sulfonamides is 1. The maximum Gasteiger partial charge on any atom is 0.243 e. The third-order valence-corrected chi connectivity index (χ3v) is 6.71. The highest BCUT2D eigenvalue weighted by Gasteiger charge is 2.25. The molecule has 0 radical (unpaired) electrons. The van der Waals surface area contributed by atoms with Gasteiger partial charge in [-0.1, -0.05) is 13.0 Å². The number of nitrogens with one attached hydrogen (secondary N) is 2. The summed E-state index contributed by atoms with van der Waals surface area (Å²) in [6.45, 7) is 2.95. The lowest BCUT2D eigenvalue weighted by Gasteiger charge is -2.13. The number of rotatable bonds is 6. The van der Waals surface area contributed by atoms with Gasteiger partial charge >= 0.3 is 0 Å². The number of aromatic nitrogens is 1. The highest BCUT2D eigenvalue weighted by Crippen LogP contribution is 2.25. The molecule has 0 unspecified atom stereocenters. The predicted molar refractivity (Wildman–Crippen MR) is 82.4 cm³/mol. The highest BCUT2D eigenvalue weighted by atomic mass is 32.2. The zero-order valence-electron chi connectivity index (χ0n) is 12.1. The van der Waals surface area contributed by atoms with Crippen LogP contribution in [0.2, 0.25) is 0 Å². The summed E-state index contributed by atoms with van der Waals surface area (Å²) in [6, 6.07) is 3.38. The van der Waals surface area contributed by atoms with Gasteiger partial charge in [-0.2, -0.15) is 0 Å². The van der Waals surface area contributed by atoms with Gasteiger partial charge in [0, 0.05) is 23.5 Å². The predicted octanol–water partition coefficient (Wildman–Crippen LogP) is 1.41. The molecule has 0 aliphatic rings. The van der Waals surface area contributed by atoms with E-state index in [0.717, 1.165) is 0 Å². The van der Waals surface area contributed by atoms with Crippen molar-refractivity contribution < 1.29 is 21.2 Å². The highest BCUT2D eigenvalue weighted by molar-refractivity contribution is 7.91. The molecule has 0 saturated heterocycles. The van der Waals surface area contributed by atoms with E-state index < -0.39 is 31.7 Å². The minimum atomic E-state index is -4.03. The zero-order valence-corrected chi connectivity index (χ0v) is 13.8. The molecule has 2 N–H and O–H groups in total. The molecule has 122 valence electrons. The third-order valence-electron chi connectivity index (χ3n) is 3.21. The lowest BCUT2D eigenvalue weighted by Crippen LogP contribution is -2.37. The number of hydrogen-bond acceptors (Lipinski definition) is 4. The van der Waals surface area contributed by atoms with Crippen LogP contribution in [-0.4, -0.2) is 39.4 Å². The molecule has 0 aliphatic heterocycles. The van der Waals surface area contributed by atoms with E-state index in [4.69, 9.17) is 0 Å². The van der Waals surface area contributed by atoms with Crippen molar-refractivity contribution in [3.63, 3.8) is 0 Å². The van der Waals surface area contributed by atoms with Gasteiger partial charge in [-0.15, -0.1) is 0 Å². The molecule has 9 heteroatoms. The summed E-state index contributed by atoms with van der Waals surface area (Å²) < 4.78 is 63.9. The van der Waals surface area contributed by atoms with Crippen molar-refractivity contribution in [1.82, 2.24) is 9.71 Å². The average Bonchev–Trinajstić information content (AvgIpc) is 2.83. The number of fused-ring (bicyclic) bond motifs is 1. The number of halogens is 1. The Hall–Kier alpha value is -1.45. The van der Waals surface area contributed by atoms with E-state index in [9.17, 15) is 21.2 Å². The van der Waals surface area contributed by atoms with E-state index in [2.05, 4.69) is 9.71 Å². The Morgan fingerprint density at radius 3 is 2.59 bits per heavy atom. The first-order chi connectivity index (χ1) is 10.2. The molecule has 6 nitrogen and oxygen atoms in total. The first-order valence-corrected chi connectivity index (χ1v) is 9.95. The van der Waals surface area contributed by atoms with Gasteiger partial charge in [-0.05, 0) is 19.1 Å². The summed E-state index contributed by atoms with van der Waals surface area (Å²) in [6.07, 6.45) is 1.19. The summed E-state index contributed by atoms with van der Waals surface area (Å²) in [5, 5.41) is -0.0412. The maximum absolute atomic E-state index is 13.9. The number of sulfone groups is 1. The average molecular weight is 348 g/mol. The molecule has 1 aromatic carbocycles. The molecular formula is C13H17FN2O4S2. The molecule has 0 saturated carbocycles. The van der Waals surface area contributed by atoms with Crippen LogP contribution in [0.25, 0.3) is 10.9 Å². The van der Waals surface area contributed by atoms with Crippen molar-refractivity contribution in [1.29, 1.82) is 0 Å². The molecule has 1 atom stereocenters. The molecule has 2 rings (SSSR count). The summed E-state index contributed by atoms with van der Waals surface area (Å²) in [5.41, 5.74) is 0.356. The first-order valence-electron chi connectivity index (χ1n) is 6.64. The van der Waals surface area contributed by atoms with Crippen molar-refractivity contribution in [2.75, 3.05) is 11.5 Å². The quantitative estimate of drug-likeness (QED) is 0.825. The molecule has 0 aliphatic carbocycles. The molecule has 2 aromatic rings. The van der Waals surface area contributed by atoms with E-state index in [-0.39, 0.29) is 21.8 Å². The molecule has 1 aromatic heterocycles. The smallest absolute Gasteiger partial charge is 0.243 e. The van der Waals surface area contributed by atoms with Crippen LogP contribution in [0, 0.1) is 5.82 Å². The van der Waals surface area contributed by atoms with Crippen molar-refractivity contribution >= 4 is 30.8 Å². The summed E-state index contributed by atoms with van der Waals surface area (Å²) >= 11 is 0. The molecular weight excluding hydrogens is 331 g/mol. The van der Waals surface area contributed by atoms with Crippen LogP contribution >= 0.6 is 0 Å². The van der Waals surface area contributed by atoms with Crippen molar-refractivity contribution in [2.24, 2.45) is 0 Å². The lowest BCUT2D eigenvalue weighted by molar-refractivity contribution is 0.563. The van der Waals surface area contributed by atoms with Crippen LogP contribution in [0.15, 0.2) is 29.3 Å². The molecule has 1 heterocycles. The maximum atomic E-state index is 13.9. The van der Waals surface area contributed by atoms with E-state index in [1.807, 2.05) is 0 Å². The minimum Gasteiger partial charge on any atom is -0.360 e.